The third-order valence-electron chi connectivity index (χ3n) is 5.58. The zero-order chi connectivity index (χ0) is 23.3. The van der Waals surface area contributed by atoms with Gasteiger partial charge in [0.25, 0.3) is 0 Å². The van der Waals surface area contributed by atoms with Gasteiger partial charge in [0, 0.05) is 19.6 Å². The molecule has 1 aliphatic rings. The van der Waals surface area contributed by atoms with Crippen LogP contribution in [0.5, 0.6) is 0 Å². The molecule has 174 valence electrons. The Morgan fingerprint density at radius 3 is 2.12 bits per heavy atom. The van der Waals surface area contributed by atoms with Crippen LogP contribution >= 0.6 is 0 Å². The summed E-state index contributed by atoms with van der Waals surface area (Å²) in [4.78, 5) is 14.7. The lowest BCUT2D eigenvalue weighted by molar-refractivity contribution is -0.123. The molecule has 2 aromatic carbocycles. The summed E-state index contributed by atoms with van der Waals surface area (Å²) >= 11 is 0. The average Bonchev–Trinajstić information content (AvgIpc) is 2.99. The highest BCUT2D eigenvalue weighted by Gasteiger charge is 2.28. The number of hydrogen-bond acceptors (Lipinski definition) is 4. The van der Waals surface area contributed by atoms with E-state index in [1.165, 1.54) is 28.6 Å². The van der Waals surface area contributed by atoms with E-state index < -0.39 is 15.8 Å². The van der Waals surface area contributed by atoms with Gasteiger partial charge in [-0.05, 0) is 60.8 Å². The van der Waals surface area contributed by atoms with E-state index in [4.69, 9.17) is 0 Å². The molecule has 2 aromatic rings. The summed E-state index contributed by atoms with van der Waals surface area (Å²) in [5, 5.41) is 3.02. The molecular weight excluding hydrogens is 436 g/mol. The van der Waals surface area contributed by atoms with Gasteiger partial charge in [0.15, 0.2) is 0 Å². The van der Waals surface area contributed by atoms with Crippen molar-refractivity contribution in [1.82, 2.24) is 14.5 Å². The SMILES string of the molecule is CC(C)[C@@H](NC(=O)CN1CCCN(S(=O)(=O)c2ccc(F)cc2)CC1)c1ccc(F)cc1. The Hall–Kier alpha value is -2.36. The number of hydrogen-bond donors (Lipinski definition) is 1. The molecule has 0 bridgehead atoms. The van der Waals surface area contributed by atoms with Crippen molar-refractivity contribution in [3.63, 3.8) is 0 Å². The van der Waals surface area contributed by atoms with Crippen LogP contribution < -0.4 is 5.32 Å². The predicted molar refractivity (Wildman–Crippen MR) is 118 cm³/mol. The number of amides is 1. The molecule has 1 saturated heterocycles. The molecular formula is C23H29F2N3O3S. The summed E-state index contributed by atoms with van der Waals surface area (Å²) < 4.78 is 53.5. The molecule has 3 rings (SSSR count). The van der Waals surface area contributed by atoms with E-state index in [-0.39, 0.29) is 41.7 Å². The lowest BCUT2D eigenvalue weighted by atomic mass is 9.96. The first-order valence-electron chi connectivity index (χ1n) is 10.7. The van der Waals surface area contributed by atoms with Gasteiger partial charge in [-0.15, -0.1) is 0 Å². The lowest BCUT2D eigenvalue weighted by Crippen LogP contribution is -2.42. The molecule has 1 amide bonds. The summed E-state index contributed by atoms with van der Waals surface area (Å²) in [6.07, 6.45) is 0.583. The molecule has 32 heavy (non-hydrogen) atoms. The second-order valence-corrected chi connectivity index (χ2v) is 10.3. The fourth-order valence-electron chi connectivity index (χ4n) is 3.83. The molecule has 0 aliphatic carbocycles. The van der Waals surface area contributed by atoms with Gasteiger partial charge < -0.3 is 5.32 Å². The van der Waals surface area contributed by atoms with Gasteiger partial charge in [0.05, 0.1) is 17.5 Å². The fourth-order valence-corrected chi connectivity index (χ4v) is 5.30. The van der Waals surface area contributed by atoms with Gasteiger partial charge in [-0.1, -0.05) is 26.0 Å². The number of nitrogens with one attached hydrogen (secondary N) is 1. The Kier molecular flexibility index (Phi) is 7.97. The summed E-state index contributed by atoms with van der Waals surface area (Å²) in [5.41, 5.74) is 0.835. The van der Waals surface area contributed by atoms with E-state index in [0.717, 1.165) is 17.7 Å². The second-order valence-electron chi connectivity index (χ2n) is 8.33. The van der Waals surface area contributed by atoms with Gasteiger partial charge >= 0.3 is 0 Å². The van der Waals surface area contributed by atoms with Crippen LogP contribution in [-0.2, 0) is 14.8 Å². The molecule has 0 spiro atoms. The van der Waals surface area contributed by atoms with Crippen molar-refractivity contribution in [2.45, 2.75) is 31.2 Å². The van der Waals surface area contributed by atoms with Gasteiger partial charge in [-0.3, -0.25) is 9.69 Å². The molecule has 9 heteroatoms. The molecule has 1 N–H and O–H groups in total. The molecule has 0 radical (unpaired) electrons. The maximum atomic E-state index is 13.2. The van der Waals surface area contributed by atoms with E-state index in [9.17, 15) is 22.0 Å². The van der Waals surface area contributed by atoms with Crippen molar-refractivity contribution < 1.29 is 22.0 Å². The summed E-state index contributed by atoms with van der Waals surface area (Å²) in [5.74, 6) is -0.864. The lowest BCUT2D eigenvalue weighted by Gasteiger charge is -2.26. The zero-order valence-corrected chi connectivity index (χ0v) is 19.1. The number of benzene rings is 2. The Labute approximate surface area is 188 Å². The van der Waals surface area contributed by atoms with Gasteiger partial charge in [-0.2, -0.15) is 4.31 Å². The van der Waals surface area contributed by atoms with Crippen LogP contribution in [0.2, 0.25) is 0 Å². The van der Waals surface area contributed by atoms with Crippen molar-refractivity contribution >= 4 is 15.9 Å². The topological polar surface area (TPSA) is 69.7 Å². The average molecular weight is 466 g/mol. The van der Waals surface area contributed by atoms with Crippen LogP contribution in [0.15, 0.2) is 53.4 Å². The van der Waals surface area contributed by atoms with Gasteiger partial charge in [0.2, 0.25) is 15.9 Å². The van der Waals surface area contributed by atoms with Crippen molar-refractivity contribution in [2.24, 2.45) is 5.92 Å². The highest BCUT2D eigenvalue weighted by molar-refractivity contribution is 7.89. The van der Waals surface area contributed by atoms with Crippen LogP contribution in [0.25, 0.3) is 0 Å². The van der Waals surface area contributed by atoms with E-state index in [1.54, 1.807) is 12.1 Å². The minimum atomic E-state index is -3.72. The normalized spacial score (nSPS) is 17.2. The Balaban J connectivity index is 1.59. The quantitative estimate of drug-likeness (QED) is 0.682. The van der Waals surface area contributed by atoms with E-state index in [1.807, 2.05) is 18.7 Å². The Morgan fingerprint density at radius 1 is 0.938 bits per heavy atom. The Bertz CT molecular complexity index is 1010. The third-order valence-corrected chi connectivity index (χ3v) is 7.49. The molecule has 1 aliphatic heterocycles. The molecule has 1 heterocycles. The van der Waals surface area contributed by atoms with Crippen molar-refractivity contribution in [3.05, 3.63) is 65.7 Å². The minimum absolute atomic E-state index is 0.0594. The van der Waals surface area contributed by atoms with E-state index in [2.05, 4.69) is 5.32 Å². The number of sulfonamides is 1. The maximum absolute atomic E-state index is 13.2. The molecule has 0 aromatic heterocycles. The fraction of sp³-hybridized carbons (Fsp3) is 0.435. The predicted octanol–water partition coefficient (Wildman–Crippen LogP) is 3.17. The molecule has 0 saturated carbocycles. The van der Waals surface area contributed by atoms with Crippen LogP contribution in [0.3, 0.4) is 0 Å². The third kappa shape index (κ3) is 6.11. The highest BCUT2D eigenvalue weighted by atomic mass is 32.2. The smallest absolute Gasteiger partial charge is 0.243 e. The highest BCUT2D eigenvalue weighted by Crippen LogP contribution is 2.22. The van der Waals surface area contributed by atoms with Crippen molar-refractivity contribution in [1.29, 1.82) is 0 Å². The van der Waals surface area contributed by atoms with E-state index in [0.29, 0.717) is 26.1 Å². The summed E-state index contributed by atoms with van der Waals surface area (Å²) in [6, 6.07) is 10.6. The molecule has 0 unspecified atom stereocenters. The van der Waals surface area contributed by atoms with E-state index >= 15 is 0 Å². The Morgan fingerprint density at radius 2 is 1.53 bits per heavy atom. The minimum Gasteiger partial charge on any atom is -0.348 e. The maximum Gasteiger partial charge on any atom is 0.243 e. The summed E-state index contributed by atoms with van der Waals surface area (Å²) in [6.45, 7) is 5.70. The number of nitrogens with zero attached hydrogens (tertiary/aromatic N) is 2. The first kappa shape index (κ1) is 24.3. The number of carbonyl (C=O) groups is 1. The monoisotopic (exact) mass is 465 g/mol. The molecule has 1 fully saturated rings. The second kappa shape index (κ2) is 10.5. The molecule has 6 nitrogen and oxygen atoms in total. The van der Waals surface area contributed by atoms with Crippen molar-refractivity contribution in [2.75, 3.05) is 32.7 Å². The van der Waals surface area contributed by atoms with Crippen LogP contribution in [0, 0.1) is 17.6 Å². The van der Waals surface area contributed by atoms with Crippen LogP contribution in [-0.4, -0.2) is 56.3 Å². The number of rotatable bonds is 7. The largest absolute Gasteiger partial charge is 0.348 e. The van der Waals surface area contributed by atoms with Crippen LogP contribution in [0.1, 0.15) is 31.9 Å². The van der Waals surface area contributed by atoms with Crippen molar-refractivity contribution in [3.8, 4) is 0 Å². The van der Waals surface area contributed by atoms with Gasteiger partial charge in [0.1, 0.15) is 11.6 Å². The number of carbonyl (C=O) groups excluding carboxylic acids is 1. The number of halogens is 2. The molecule has 1 atom stereocenters. The van der Waals surface area contributed by atoms with Crippen LogP contribution in [0.4, 0.5) is 8.78 Å². The first-order valence-corrected chi connectivity index (χ1v) is 12.1. The standard InChI is InChI=1S/C23H29F2N3O3S/c1-17(2)23(18-4-6-19(24)7-5-18)26-22(29)16-27-12-3-13-28(15-14-27)32(30,31)21-10-8-20(25)9-11-21/h4-11,17,23H,3,12-16H2,1-2H3,(H,26,29)/t23-/m1/s1. The summed E-state index contributed by atoms with van der Waals surface area (Å²) in [7, 11) is -3.72. The first-order chi connectivity index (χ1) is 15.2. The zero-order valence-electron chi connectivity index (χ0n) is 18.3. The van der Waals surface area contributed by atoms with Gasteiger partial charge in [-0.25, -0.2) is 17.2 Å².